The number of hydrogen-bond acceptors (Lipinski definition) is 2. The van der Waals surface area contributed by atoms with Gasteiger partial charge in [-0.2, -0.15) is 0 Å². The summed E-state index contributed by atoms with van der Waals surface area (Å²) in [4.78, 5) is 12.2. The Balaban J connectivity index is 1.52. The van der Waals surface area contributed by atoms with E-state index in [0.29, 0.717) is 10.6 Å². The van der Waals surface area contributed by atoms with Gasteiger partial charge in [-0.05, 0) is 87.5 Å². The molecule has 1 aliphatic heterocycles. The highest BCUT2D eigenvalue weighted by molar-refractivity contribution is 6.30. The fourth-order valence-corrected chi connectivity index (χ4v) is 3.55. The van der Waals surface area contributed by atoms with Crippen LogP contribution in [0.15, 0.2) is 48.5 Å². The number of carbonyl (C=O) groups excluding carboxylic acids is 1. The highest BCUT2D eigenvalue weighted by atomic mass is 35.5. The van der Waals surface area contributed by atoms with Crippen LogP contribution in [0.2, 0.25) is 5.02 Å². The van der Waals surface area contributed by atoms with E-state index in [0.717, 1.165) is 24.6 Å². The molecule has 2 aromatic carbocycles. The Morgan fingerprint density at radius 2 is 1.84 bits per heavy atom. The SMILES string of the molecule is CC1(C)C[C@H](CCc2ccc(NC(=O)c3ccc(Cl)cc3)cc2)CN1. The number of benzene rings is 2. The molecule has 25 heavy (non-hydrogen) atoms. The zero-order valence-electron chi connectivity index (χ0n) is 14.8. The summed E-state index contributed by atoms with van der Waals surface area (Å²) in [6.45, 7) is 5.65. The predicted molar refractivity (Wildman–Crippen MR) is 104 cm³/mol. The molecule has 4 heteroatoms. The van der Waals surface area contributed by atoms with Gasteiger partial charge in [-0.25, -0.2) is 0 Å². The van der Waals surface area contributed by atoms with Crippen molar-refractivity contribution in [2.75, 3.05) is 11.9 Å². The maximum Gasteiger partial charge on any atom is 0.255 e. The Kier molecular flexibility index (Phi) is 5.45. The lowest BCUT2D eigenvalue weighted by Crippen LogP contribution is -2.31. The standard InChI is InChI=1S/C21H25ClN2O/c1-21(2)13-16(14-23-21)4-3-15-5-11-19(12-6-15)24-20(25)17-7-9-18(22)10-8-17/h5-12,16,23H,3-4,13-14H2,1-2H3,(H,24,25)/t16-/m0/s1. The van der Waals surface area contributed by atoms with Crippen molar-refractivity contribution in [1.82, 2.24) is 5.32 Å². The smallest absolute Gasteiger partial charge is 0.255 e. The highest BCUT2D eigenvalue weighted by Gasteiger charge is 2.29. The summed E-state index contributed by atoms with van der Waals surface area (Å²) in [5.41, 5.74) is 3.01. The normalized spacial score (nSPS) is 18.9. The van der Waals surface area contributed by atoms with Crippen LogP contribution >= 0.6 is 11.6 Å². The molecule has 2 N–H and O–H groups in total. The lowest BCUT2D eigenvalue weighted by molar-refractivity contribution is 0.102. The third-order valence-corrected chi connectivity index (χ3v) is 5.08. The van der Waals surface area contributed by atoms with Crippen molar-refractivity contribution in [2.24, 2.45) is 5.92 Å². The molecule has 3 nitrogen and oxygen atoms in total. The van der Waals surface area contributed by atoms with E-state index in [4.69, 9.17) is 11.6 Å². The Labute approximate surface area is 154 Å². The molecule has 1 atom stereocenters. The van der Waals surface area contributed by atoms with E-state index in [9.17, 15) is 4.79 Å². The number of nitrogens with one attached hydrogen (secondary N) is 2. The molecule has 2 aromatic rings. The van der Waals surface area contributed by atoms with Crippen molar-refractivity contribution in [3.63, 3.8) is 0 Å². The molecule has 0 spiro atoms. The van der Waals surface area contributed by atoms with E-state index >= 15 is 0 Å². The third-order valence-electron chi connectivity index (χ3n) is 4.83. The first kappa shape index (κ1) is 18.0. The van der Waals surface area contributed by atoms with Crippen molar-refractivity contribution in [1.29, 1.82) is 0 Å². The maximum absolute atomic E-state index is 12.2. The second-order valence-corrected chi connectivity index (χ2v) is 7.97. The van der Waals surface area contributed by atoms with E-state index < -0.39 is 0 Å². The van der Waals surface area contributed by atoms with Crippen molar-refractivity contribution in [3.8, 4) is 0 Å². The van der Waals surface area contributed by atoms with E-state index in [-0.39, 0.29) is 11.4 Å². The maximum atomic E-state index is 12.2. The van der Waals surface area contributed by atoms with Crippen LogP contribution in [0.1, 0.15) is 42.6 Å². The van der Waals surface area contributed by atoms with E-state index in [1.807, 2.05) is 12.1 Å². The third kappa shape index (κ3) is 5.07. The van der Waals surface area contributed by atoms with Crippen molar-refractivity contribution in [2.45, 2.75) is 38.6 Å². The van der Waals surface area contributed by atoms with Crippen molar-refractivity contribution >= 4 is 23.2 Å². The number of carbonyl (C=O) groups is 1. The quantitative estimate of drug-likeness (QED) is 0.798. The van der Waals surface area contributed by atoms with Gasteiger partial charge >= 0.3 is 0 Å². The molecular weight excluding hydrogens is 332 g/mol. The van der Waals surface area contributed by atoms with Gasteiger partial charge in [0.2, 0.25) is 0 Å². The minimum absolute atomic E-state index is 0.122. The molecule has 0 aromatic heterocycles. The monoisotopic (exact) mass is 356 g/mol. The predicted octanol–water partition coefficient (Wildman–Crippen LogP) is 4.91. The van der Waals surface area contributed by atoms with Gasteiger partial charge in [-0.3, -0.25) is 4.79 Å². The topological polar surface area (TPSA) is 41.1 Å². The summed E-state index contributed by atoms with van der Waals surface area (Å²) in [7, 11) is 0. The Bertz CT molecular complexity index is 723. The molecule has 0 unspecified atom stereocenters. The zero-order valence-corrected chi connectivity index (χ0v) is 15.6. The van der Waals surface area contributed by atoms with Crippen molar-refractivity contribution < 1.29 is 4.79 Å². The van der Waals surface area contributed by atoms with Gasteiger partial charge in [-0.15, -0.1) is 0 Å². The van der Waals surface area contributed by atoms with Gasteiger partial charge in [0.05, 0.1) is 0 Å². The molecule has 1 saturated heterocycles. The molecule has 0 bridgehead atoms. The molecule has 0 aliphatic carbocycles. The second kappa shape index (κ2) is 7.59. The minimum atomic E-state index is -0.122. The highest BCUT2D eigenvalue weighted by Crippen LogP contribution is 2.27. The summed E-state index contributed by atoms with van der Waals surface area (Å²) < 4.78 is 0. The summed E-state index contributed by atoms with van der Waals surface area (Å²) >= 11 is 5.85. The van der Waals surface area contributed by atoms with Gasteiger partial charge in [0.25, 0.3) is 5.91 Å². The molecule has 132 valence electrons. The first-order chi connectivity index (χ1) is 11.9. The number of rotatable bonds is 5. The van der Waals surface area contributed by atoms with Gasteiger partial charge in [-0.1, -0.05) is 23.7 Å². The summed E-state index contributed by atoms with van der Waals surface area (Å²) in [6, 6.07) is 15.0. The molecule has 0 saturated carbocycles. The fourth-order valence-electron chi connectivity index (χ4n) is 3.42. The average molecular weight is 357 g/mol. The van der Waals surface area contributed by atoms with E-state index in [1.165, 1.54) is 18.4 Å². The van der Waals surface area contributed by atoms with Gasteiger partial charge in [0, 0.05) is 21.8 Å². The Morgan fingerprint density at radius 3 is 2.44 bits per heavy atom. The van der Waals surface area contributed by atoms with Crippen LogP contribution in [0.4, 0.5) is 5.69 Å². The number of anilines is 1. The van der Waals surface area contributed by atoms with Crippen molar-refractivity contribution in [3.05, 3.63) is 64.7 Å². The molecule has 0 radical (unpaired) electrons. The molecular formula is C21H25ClN2O. The number of hydrogen-bond donors (Lipinski definition) is 2. The van der Waals surface area contributed by atoms with Crippen LogP contribution in [0.25, 0.3) is 0 Å². The lowest BCUT2D eigenvalue weighted by atomic mass is 9.92. The Hall–Kier alpha value is -1.84. The summed E-state index contributed by atoms with van der Waals surface area (Å²) in [6.07, 6.45) is 3.52. The average Bonchev–Trinajstić information content (AvgIpc) is 2.94. The molecule has 1 amide bonds. The largest absolute Gasteiger partial charge is 0.322 e. The molecule has 1 fully saturated rings. The lowest BCUT2D eigenvalue weighted by Gasteiger charge is -2.17. The molecule has 1 heterocycles. The zero-order chi connectivity index (χ0) is 17.9. The van der Waals surface area contributed by atoms with Gasteiger partial charge < -0.3 is 10.6 Å². The van der Waals surface area contributed by atoms with E-state index in [2.05, 4.69) is 36.6 Å². The fraction of sp³-hybridized carbons (Fsp3) is 0.381. The number of amides is 1. The first-order valence-corrected chi connectivity index (χ1v) is 9.20. The summed E-state index contributed by atoms with van der Waals surface area (Å²) in [5, 5.41) is 7.12. The minimum Gasteiger partial charge on any atom is -0.322 e. The summed E-state index contributed by atoms with van der Waals surface area (Å²) in [5.74, 6) is 0.628. The number of halogens is 1. The first-order valence-electron chi connectivity index (χ1n) is 8.82. The second-order valence-electron chi connectivity index (χ2n) is 7.53. The van der Waals surface area contributed by atoms with Crippen LogP contribution in [0.5, 0.6) is 0 Å². The van der Waals surface area contributed by atoms with Crippen LogP contribution in [-0.2, 0) is 6.42 Å². The molecule has 3 rings (SSSR count). The molecule has 1 aliphatic rings. The number of aryl methyl sites for hydroxylation is 1. The van der Waals surface area contributed by atoms with Crippen LogP contribution in [0.3, 0.4) is 0 Å². The van der Waals surface area contributed by atoms with Gasteiger partial charge in [0.15, 0.2) is 0 Å². The van der Waals surface area contributed by atoms with Gasteiger partial charge in [0.1, 0.15) is 0 Å². The van der Waals surface area contributed by atoms with Crippen LogP contribution in [-0.4, -0.2) is 18.0 Å². The Morgan fingerprint density at radius 1 is 1.16 bits per heavy atom. The van der Waals surface area contributed by atoms with Crippen LogP contribution < -0.4 is 10.6 Å². The van der Waals surface area contributed by atoms with Crippen LogP contribution in [0, 0.1) is 5.92 Å². The van der Waals surface area contributed by atoms with E-state index in [1.54, 1.807) is 24.3 Å².